The van der Waals surface area contributed by atoms with Crippen LogP contribution in [0.2, 0.25) is 0 Å². The number of carbonyl (C=O) groups excluding carboxylic acids is 1. The Morgan fingerprint density at radius 1 is 1.21 bits per heavy atom. The minimum Gasteiger partial charge on any atom is -0.469 e. The van der Waals surface area contributed by atoms with E-state index in [0.717, 1.165) is 45.3 Å². The second-order valence-corrected chi connectivity index (χ2v) is 8.10. The normalized spacial score (nSPS) is 30.2. The first-order valence-corrected chi connectivity index (χ1v) is 9.77. The first-order valence-electron chi connectivity index (χ1n) is 8.89. The molecule has 1 heterocycles. The average Bonchev–Trinajstić information content (AvgIpc) is 3.08. The molecule has 5 heteroatoms. The second kappa shape index (κ2) is 8.88. The van der Waals surface area contributed by atoms with Crippen molar-refractivity contribution in [2.24, 2.45) is 5.92 Å². The topological polar surface area (TPSA) is 47.6 Å². The number of carbonyl (C=O) groups is 1. The molecule has 132 valence electrons. The summed E-state index contributed by atoms with van der Waals surface area (Å²) < 4.78 is 10.9. The number of nitrogens with one attached hydrogen (secondary N) is 1. The third kappa shape index (κ3) is 4.98. The van der Waals surface area contributed by atoms with Crippen LogP contribution in [0, 0.1) is 5.92 Å². The van der Waals surface area contributed by atoms with E-state index in [1.54, 1.807) is 0 Å². The summed E-state index contributed by atoms with van der Waals surface area (Å²) in [5.41, 5.74) is 0. The van der Waals surface area contributed by atoms with Gasteiger partial charge >= 0.3 is 5.97 Å². The van der Waals surface area contributed by atoms with E-state index in [1.165, 1.54) is 12.0 Å². The largest absolute Gasteiger partial charge is 0.469 e. The van der Waals surface area contributed by atoms with Crippen molar-refractivity contribution in [3.8, 4) is 0 Å². The van der Waals surface area contributed by atoms with Gasteiger partial charge in [0.1, 0.15) is 0 Å². The van der Waals surface area contributed by atoms with Gasteiger partial charge in [0.25, 0.3) is 0 Å². The number of thioether (sulfide) groups is 1. The van der Waals surface area contributed by atoms with Gasteiger partial charge in [-0.1, -0.05) is 18.2 Å². The fourth-order valence-electron chi connectivity index (χ4n) is 3.57. The highest BCUT2D eigenvalue weighted by Gasteiger charge is 2.29. The van der Waals surface area contributed by atoms with Gasteiger partial charge in [0, 0.05) is 22.7 Å². The van der Waals surface area contributed by atoms with Crippen molar-refractivity contribution in [2.45, 2.75) is 54.4 Å². The molecule has 2 atom stereocenters. The van der Waals surface area contributed by atoms with Crippen molar-refractivity contribution in [2.75, 3.05) is 20.3 Å². The lowest BCUT2D eigenvalue weighted by atomic mass is 9.87. The van der Waals surface area contributed by atoms with Crippen LogP contribution in [0.15, 0.2) is 35.2 Å². The average molecular weight is 349 g/mol. The molecule has 0 spiro atoms. The van der Waals surface area contributed by atoms with Crippen LogP contribution >= 0.6 is 11.8 Å². The number of rotatable bonds is 6. The van der Waals surface area contributed by atoms with Crippen molar-refractivity contribution in [1.82, 2.24) is 5.32 Å². The summed E-state index contributed by atoms with van der Waals surface area (Å²) in [6.45, 7) is 1.82. The van der Waals surface area contributed by atoms with Crippen molar-refractivity contribution in [1.29, 1.82) is 0 Å². The van der Waals surface area contributed by atoms with E-state index in [0.29, 0.717) is 17.4 Å². The molecule has 1 aliphatic heterocycles. The van der Waals surface area contributed by atoms with E-state index in [2.05, 4.69) is 35.6 Å². The van der Waals surface area contributed by atoms with Gasteiger partial charge in [-0.15, -0.1) is 11.8 Å². The molecule has 1 saturated carbocycles. The fourth-order valence-corrected chi connectivity index (χ4v) is 4.78. The molecule has 1 N–H and O–H groups in total. The van der Waals surface area contributed by atoms with Crippen LogP contribution < -0.4 is 5.32 Å². The van der Waals surface area contributed by atoms with Gasteiger partial charge < -0.3 is 14.8 Å². The Kier molecular flexibility index (Phi) is 6.58. The molecule has 24 heavy (non-hydrogen) atoms. The van der Waals surface area contributed by atoms with Crippen LogP contribution in [0.3, 0.4) is 0 Å². The van der Waals surface area contributed by atoms with Gasteiger partial charge in [0.05, 0.1) is 25.7 Å². The summed E-state index contributed by atoms with van der Waals surface area (Å²) >= 11 is 1.95. The van der Waals surface area contributed by atoms with Gasteiger partial charge in [-0.3, -0.25) is 4.79 Å². The first kappa shape index (κ1) is 17.8. The van der Waals surface area contributed by atoms with E-state index in [1.807, 2.05) is 11.8 Å². The van der Waals surface area contributed by atoms with Gasteiger partial charge in [-0.25, -0.2) is 0 Å². The molecule has 1 aromatic carbocycles. The van der Waals surface area contributed by atoms with Crippen LogP contribution in [-0.2, 0) is 14.3 Å². The molecule has 1 aromatic rings. The van der Waals surface area contributed by atoms with Gasteiger partial charge in [-0.2, -0.15) is 0 Å². The highest BCUT2D eigenvalue weighted by Crippen LogP contribution is 2.30. The molecule has 0 amide bonds. The number of hydrogen-bond acceptors (Lipinski definition) is 5. The van der Waals surface area contributed by atoms with E-state index < -0.39 is 0 Å². The standard InChI is InChI=1S/C19H27NO3S/c1-22-19(21)14-7-9-16(10-8-14)23-13-15-11-18(12-20-15)24-17-5-3-2-4-6-17/h2-6,14-16,18,20H,7-13H2,1H3/t14?,15-,16?,18-/m0/s1. The number of benzene rings is 1. The Morgan fingerprint density at radius 2 is 1.96 bits per heavy atom. The molecule has 0 aromatic heterocycles. The Labute approximate surface area is 148 Å². The molecule has 0 bridgehead atoms. The van der Waals surface area contributed by atoms with Crippen molar-refractivity contribution in [3.05, 3.63) is 30.3 Å². The van der Waals surface area contributed by atoms with Gasteiger partial charge in [-0.05, 0) is 44.2 Å². The van der Waals surface area contributed by atoms with Gasteiger partial charge in [0.15, 0.2) is 0 Å². The Balaban J connectivity index is 1.34. The molecule has 2 aliphatic rings. The lowest BCUT2D eigenvalue weighted by Gasteiger charge is -2.28. The zero-order valence-corrected chi connectivity index (χ0v) is 15.1. The number of ether oxygens (including phenoxy) is 2. The molecule has 2 fully saturated rings. The molecule has 1 saturated heterocycles. The van der Waals surface area contributed by atoms with Crippen molar-refractivity contribution < 1.29 is 14.3 Å². The van der Waals surface area contributed by atoms with E-state index in [4.69, 9.17) is 9.47 Å². The Morgan fingerprint density at radius 3 is 2.67 bits per heavy atom. The van der Waals surface area contributed by atoms with Crippen LogP contribution in [0.1, 0.15) is 32.1 Å². The minimum atomic E-state index is -0.0633. The fraction of sp³-hybridized carbons (Fsp3) is 0.632. The lowest BCUT2D eigenvalue weighted by Crippen LogP contribution is -2.32. The third-order valence-corrected chi connectivity index (χ3v) is 6.21. The van der Waals surface area contributed by atoms with Crippen molar-refractivity contribution in [3.63, 3.8) is 0 Å². The lowest BCUT2D eigenvalue weighted by molar-refractivity contribution is -0.147. The monoisotopic (exact) mass is 349 g/mol. The van der Waals surface area contributed by atoms with E-state index in [-0.39, 0.29) is 11.9 Å². The molecule has 4 nitrogen and oxygen atoms in total. The quantitative estimate of drug-likeness (QED) is 0.799. The molecule has 1 aliphatic carbocycles. The molecule has 0 radical (unpaired) electrons. The summed E-state index contributed by atoms with van der Waals surface area (Å²) in [6.07, 6.45) is 5.16. The molecule has 0 unspecified atom stereocenters. The summed E-state index contributed by atoms with van der Waals surface area (Å²) in [6, 6.07) is 11.0. The maximum Gasteiger partial charge on any atom is 0.308 e. The smallest absolute Gasteiger partial charge is 0.308 e. The molecule has 3 rings (SSSR count). The summed E-state index contributed by atoms with van der Waals surface area (Å²) in [5, 5.41) is 4.20. The van der Waals surface area contributed by atoms with E-state index >= 15 is 0 Å². The third-order valence-electron chi connectivity index (χ3n) is 4.97. The Hall–Kier alpha value is -1.04. The second-order valence-electron chi connectivity index (χ2n) is 6.72. The number of hydrogen-bond donors (Lipinski definition) is 1. The number of methoxy groups -OCH3 is 1. The summed E-state index contributed by atoms with van der Waals surface area (Å²) in [7, 11) is 1.47. The van der Waals surface area contributed by atoms with Crippen LogP contribution in [0.4, 0.5) is 0 Å². The predicted octanol–water partition coefficient (Wildman–Crippen LogP) is 3.26. The highest BCUT2D eigenvalue weighted by atomic mass is 32.2. The van der Waals surface area contributed by atoms with Crippen LogP contribution in [0.5, 0.6) is 0 Å². The zero-order valence-electron chi connectivity index (χ0n) is 14.3. The van der Waals surface area contributed by atoms with Crippen molar-refractivity contribution >= 4 is 17.7 Å². The molecular formula is C19H27NO3S. The highest BCUT2D eigenvalue weighted by molar-refractivity contribution is 8.00. The zero-order chi connectivity index (χ0) is 16.8. The SMILES string of the molecule is COC(=O)C1CCC(OC[C@@H]2C[C@H](Sc3ccccc3)CN2)CC1. The van der Waals surface area contributed by atoms with Crippen LogP contribution in [-0.4, -0.2) is 43.6 Å². The maximum atomic E-state index is 11.6. The predicted molar refractivity (Wildman–Crippen MR) is 96.2 cm³/mol. The van der Waals surface area contributed by atoms with Crippen LogP contribution in [0.25, 0.3) is 0 Å². The Bertz CT molecular complexity index is 517. The molecular weight excluding hydrogens is 322 g/mol. The first-order chi connectivity index (χ1) is 11.7. The summed E-state index contributed by atoms with van der Waals surface area (Å²) in [5.74, 6) is 0.0118. The van der Waals surface area contributed by atoms with E-state index in [9.17, 15) is 4.79 Å². The summed E-state index contributed by atoms with van der Waals surface area (Å²) in [4.78, 5) is 12.9. The number of esters is 1. The minimum absolute atomic E-state index is 0.0633. The maximum absolute atomic E-state index is 11.6. The van der Waals surface area contributed by atoms with Gasteiger partial charge in [0.2, 0.25) is 0 Å².